The first-order valence-electron chi connectivity index (χ1n) is 10.6. The summed E-state index contributed by atoms with van der Waals surface area (Å²) in [6, 6.07) is 13.2. The molecule has 1 N–H and O–H groups in total. The smallest absolute Gasteiger partial charge is 0.225 e. The van der Waals surface area contributed by atoms with E-state index in [4.69, 9.17) is 27.9 Å². The minimum Gasteiger partial charge on any atom is -0.491 e. The van der Waals surface area contributed by atoms with E-state index in [1.165, 1.54) is 0 Å². The summed E-state index contributed by atoms with van der Waals surface area (Å²) in [5, 5.41) is 3.91. The van der Waals surface area contributed by atoms with E-state index in [1.54, 1.807) is 6.07 Å². The average Bonchev–Trinajstić information content (AvgIpc) is 2.75. The van der Waals surface area contributed by atoms with Gasteiger partial charge in [-0.25, -0.2) is 0 Å². The Morgan fingerprint density at radius 2 is 1.71 bits per heavy atom. The van der Waals surface area contributed by atoms with Gasteiger partial charge in [-0.2, -0.15) is 0 Å². The third kappa shape index (κ3) is 4.65. The van der Waals surface area contributed by atoms with E-state index in [0.717, 1.165) is 34.6 Å². The lowest BCUT2D eigenvalue weighted by molar-refractivity contribution is -0.122. The van der Waals surface area contributed by atoms with E-state index in [2.05, 4.69) is 12.2 Å². The van der Waals surface area contributed by atoms with Crippen LogP contribution >= 0.6 is 23.2 Å². The number of Topliss-reactive ketones (excluding diaryl/α,β-unsaturated/α-hetero) is 1. The maximum atomic E-state index is 13.2. The second-order valence-electron chi connectivity index (χ2n) is 8.30. The molecule has 2 aromatic carbocycles. The second kappa shape index (κ2) is 9.05. The van der Waals surface area contributed by atoms with E-state index >= 15 is 0 Å². The third-order valence-corrected chi connectivity index (χ3v) is 6.88. The number of ether oxygens (including phenoxy) is 1. The van der Waals surface area contributed by atoms with Gasteiger partial charge in [0.25, 0.3) is 0 Å². The lowest BCUT2D eigenvalue weighted by Crippen LogP contribution is -2.38. The molecule has 2 aromatic rings. The number of allylic oxidation sites excluding steroid dienone is 2. The fourth-order valence-electron chi connectivity index (χ4n) is 4.34. The Hall–Kier alpha value is -2.30. The Labute approximate surface area is 192 Å². The highest BCUT2D eigenvalue weighted by Crippen LogP contribution is 2.43. The Bertz CT molecular complexity index is 1050. The summed E-state index contributed by atoms with van der Waals surface area (Å²) < 4.78 is 5.86. The monoisotopic (exact) mass is 457 g/mol. The van der Waals surface area contributed by atoms with Gasteiger partial charge >= 0.3 is 0 Å². The van der Waals surface area contributed by atoms with Gasteiger partial charge < -0.3 is 10.1 Å². The lowest BCUT2D eigenvalue weighted by Gasteiger charge is -2.34. The number of hydrogen-bond donors (Lipinski definition) is 1. The normalized spacial score (nSPS) is 22.1. The van der Waals surface area contributed by atoms with E-state index in [9.17, 15) is 9.59 Å². The molecule has 1 heterocycles. The number of benzene rings is 2. The maximum absolute atomic E-state index is 13.2. The summed E-state index contributed by atoms with van der Waals surface area (Å²) in [5.41, 5.74) is 3.37. The van der Waals surface area contributed by atoms with Crippen molar-refractivity contribution in [2.45, 2.75) is 57.5 Å². The van der Waals surface area contributed by atoms with Gasteiger partial charge in [-0.3, -0.25) is 9.59 Å². The fraction of sp³-hybridized carbons (Fsp3) is 0.360. The van der Waals surface area contributed by atoms with Crippen LogP contribution in [-0.4, -0.2) is 17.8 Å². The highest BCUT2D eigenvalue weighted by Gasteiger charge is 2.38. The summed E-state index contributed by atoms with van der Waals surface area (Å²) in [6.07, 6.45) is 2.32. The van der Waals surface area contributed by atoms with Crippen LogP contribution in [0.4, 0.5) is 0 Å². The summed E-state index contributed by atoms with van der Waals surface area (Å²) in [6.45, 7) is 4.11. The molecule has 0 fully saturated rings. The molecule has 0 aromatic heterocycles. The molecule has 3 unspecified atom stereocenters. The fourth-order valence-corrected chi connectivity index (χ4v) is 4.65. The predicted molar refractivity (Wildman–Crippen MR) is 123 cm³/mol. The van der Waals surface area contributed by atoms with Crippen LogP contribution in [0, 0.1) is 0 Å². The van der Waals surface area contributed by atoms with Crippen LogP contribution in [0.2, 0.25) is 10.0 Å². The highest BCUT2D eigenvalue weighted by molar-refractivity contribution is 6.42. The molecule has 6 heteroatoms. The molecule has 162 valence electrons. The average molecular weight is 458 g/mol. The molecule has 4 nitrogen and oxygen atoms in total. The van der Waals surface area contributed by atoms with Crippen molar-refractivity contribution < 1.29 is 14.3 Å². The summed E-state index contributed by atoms with van der Waals surface area (Å²) in [4.78, 5) is 25.7. The second-order valence-corrected chi connectivity index (χ2v) is 9.12. The molecule has 2 aliphatic rings. The van der Waals surface area contributed by atoms with Crippen molar-refractivity contribution in [3.63, 3.8) is 0 Å². The zero-order valence-corrected chi connectivity index (χ0v) is 19.1. The number of hydrogen-bond acceptors (Lipinski definition) is 3. The number of ketones is 1. The molecule has 1 aliphatic heterocycles. The molecule has 0 bridgehead atoms. The third-order valence-electron chi connectivity index (χ3n) is 6.15. The van der Waals surface area contributed by atoms with Crippen LogP contribution in [0.15, 0.2) is 53.7 Å². The minimum atomic E-state index is -0.233. The van der Waals surface area contributed by atoms with E-state index < -0.39 is 0 Å². The Morgan fingerprint density at radius 1 is 1.00 bits per heavy atom. The minimum absolute atomic E-state index is 0.0358. The molecular formula is C25H25Cl2NO3. The zero-order chi connectivity index (χ0) is 22.1. The van der Waals surface area contributed by atoms with Crippen molar-refractivity contribution in [2.24, 2.45) is 0 Å². The molecule has 0 saturated heterocycles. The van der Waals surface area contributed by atoms with Gasteiger partial charge in [0, 0.05) is 30.0 Å². The predicted octanol–water partition coefficient (Wildman–Crippen LogP) is 6.18. The molecule has 0 spiro atoms. The highest BCUT2D eigenvalue weighted by atomic mass is 35.5. The van der Waals surface area contributed by atoms with Crippen LogP contribution in [0.1, 0.15) is 62.5 Å². The zero-order valence-electron chi connectivity index (χ0n) is 17.6. The van der Waals surface area contributed by atoms with Crippen LogP contribution < -0.4 is 10.1 Å². The molecule has 4 rings (SSSR count). The quantitative estimate of drug-likeness (QED) is 0.583. The number of amides is 1. The summed E-state index contributed by atoms with van der Waals surface area (Å²) >= 11 is 12.2. The van der Waals surface area contributed by atoms with Gasteiger partial charge in [-0.05, 0) is 61.1 Å². The SMILES string of the molecule is CCC(C)Oc1ccc(C2CC(=O)NC3=C2C(=O)CC(c2ccc(Cl)c(Cl)c2)C3)cc1. The van der Waals surface area contributed by atoms with Crippen molar-refractivity contribution in [3.05, 3.63) is 74.9 Å². The first-order chi connectivity index (χ1) is 14.9. The van der Waals surface area contributed by atoms with Gasteiger partial charge in [0.2, 0.25) is 5.91 Å². The van der Waals surface area contributed by atoms with Crippen LogP contribution in [-0.2, 0) is 9.59 Å². The molecule has 0 radical (unpaired) electrons. The summed E-state index contributed by atoms with van der Waals surface area (Å²) in [7, 11) is 0. The van der Waals surface area contributed by atoms with E-state index in [-0.39, 0.29) is 36.1 Å². The molecule has 1 amide bonds. The van der Waals surface area contributed by atoms with Gasteiger partial charge in [0.15, 0.2) is 5.78 Å². The van der Waals surface area contributed by atoms with E-state index in [1.807, 2.05) is 43.3 Å². The van der Waals surface area contributed by atoms with Crippen LogP contribution in [0.3, 0.4) is 0 Å². The lowest BCUT2D eigenvalue weighted by atomic mass is 9.73. The molecule has 31 heavy (non-hydrogen) atoms. The van der Waals surface area contributed by atoms with Gasteiger partial charge in [0.05, 0.1) is 16.1 Å². The van der Waals surface area contributed by atoms with Gasteiger partial charge in [0.1, 0.15) is 5.75 Å². The van der Waals surface area contributed by atoms with Crippen LogP contribution in [0.5, 0.6) is 5.75 Å². The Kier molecular flexibility index (Phi) is 6.40. The number of carbonyl (C=O) groups is 2. The van der Waals surface area contributed by atoms with Crippen molar-refractivity contribution in [1.29, 1.82) is 0 Å². The molecule has 0 saturated carbocycles. The number of carbonyl (C=O) groups excluding carboxylic acids is 2. The van der Waals surface area contributed by atoms with Crippen molar-refractivity contribution >= 4 is 34.9 Å². The Balaban J connectivity index is 1.62. The molecule has 3 atom stereocenters. The standard InChI is InChI=1S/C25H25Cl2NO3/c1-3-14(2)31-18-7-4-15(5-8-18)19-13-24(30)28-22-11-17(12-23(29)25(19)22)16-6-9-20(26)21(27)10-16/h4-10,14,17,19H,3,11-13H2,1-2H3,(H,28,30). The maximum Gasteiger partial charge on any atom is 0.225 e. The molecular weight excluding hydrogens is 433 g/mol. The van der Waals surface area contributed by atoms with Crippen molar-refractivity contribution in [2.75, 3.05) is 0 Å². The largest absolute Gasteiger partial charge is 0.491 e. The molecule has 1 aliphatic carbocycles. The van der Waals surface area contributed by atoms with Gasteiger partial charge in [-0.15, -0.1) is 0 Å². The van der Waals surface area contributed by atoms with Gasteiger partial charge in [-0.1, -0.05) is 48.3 Å². The van der Waals surface area contributed by atoms with E-state index in [0.29, 0.717) is 22.9 Å². The first-order valence-corrected chi connectivity index (χ1v) is 11.4. The topological polar surface area (TPSA) is 55.4 Å². The van der Waals surface area contributed by atoms with Crippen molar-refractivity contribution in [1.82, 2.24) is 5.32 Å². The Morgan fingerprint density at radius 3 is 2.39 bits per heavy atom. The first kappa shape index (κ1) is 21.9. The number of rotatable bonds is 5. The number of halogens is 2. The van der Waals surface area contributed by atoms with Crippen LogP contribution in [0.25, 0.3) is 0 Å². The van der Waals surface area contributed by atoms with Crippen molar-refractivity contribution in [3.8, 4) is 5.75 Å². The number of nitrogens with one attached hydrogen (secondary N) is 1. The summed E-state index contributed by atoms with van der Waals surface area (Å²) in [5.74, 6) is 0.533.